The molecular formula is C17H19F2N3O2. The lowest BCUT2D eigenvalue weighted by molar-refractivity contribution is -0.0330. The number of imidazole rings is 1. The van der Waals surface area contributed by atoms with Gasteiger partial charge in [-0.25, -0.2) is 13.8 Å². The monoisotopic (exact) mass is 335 g/mol. The minimum atomic E-state index is -2.65. The zero-order valence-corrected chi connectivity index (χ0v) is 13.2. The average molecular weight is 335 g/mol. The number of carbonyl (C=O) groups excluding carboxylic acids is 1. The molecule has 1 aliphatic carbocycles. The number of benzene rings is 1. The van der Waals surface area contributed by atoms with Gasteiger partial charge in [-0.15, -0.1) is 0 Å². The zero-order chi connectivity index (χ0) is 16.7. The van der Waals surface area contributed by atoms with Crippen molar-refractivity contribution in [1.29, 1.82) is 0 Å². The molecule has 1 unspecified atom stereocenters. The van der Waals surface area contributed by atoms with Gasteiger partial charge in [0, 0.05) is 12.1 Å². The maximum Gasteiger partial charge on any atom is 0.295 e. The number of ether oxygens (including phenoxy) is 1. The Kier molecular flexibility index (Phi) is 3.96. The Morgan fingerprint density at radius 1 is 1.38 bits per heavy atom. The van der Waals surface area contributed by atoms with Crippen molar-refractivity contribution in [3.8, 4) is 0 Å². The molecule has 1 N–H and O–H groups in total. The molecule has 1 amide bonds. The molecule has 1 aromatic heterocycles. The first-order valence-electron chi connectivity index (χ1n) is 8.30. The minimum Gasteiger partial charge on any atom is -0.377 e. The molecule has 4 rings (SSSR count). The highest BCUT2D eigenvalue weighted by Gasteiger charge is 2.36. The van der Waals surface area contributed by atoms with Crippen LogP contribution in [0.5, 0.6) is 0 Å². The molecule has 2 aliphatic rings. The molecule has 7 heteroatoms. The van der Waals surface area contributed by atoms with Gasteiger partial charge in [0.1, 0.15) is 0 Å². The number of hydrogen-bond donors (Lipinski definition) is 1. The van der Waals surface area contributed by atoms with E-state index in [9.17, 15) is 13.6 Å². The van der Waals surface area contributed by atoms with Crippen LogP contribution < -0.4 is 0 Å². The number of aromatic amines is 1. The summed E-state index contributed by atoms with van der Waals surface area (Å²) in [5.41, 5.74) is 1.40. The van der Waals surface area contributed by atoms with Gasteiger partial charge in [0.25, 0.3) is 12.3 Å². The van der Waals surface area contributed by atoms with E-state index in [4.69, 9.17) is 4.74 Å². The number of nitrogens with zero attached hydrogens (tertiary/aromatic N) is 2. The first-order valence-corrected chi connectivity index (χ1v) is 8.30. The van der Waals surface area contributed by atoms with Crippen LogP contribution in [-0.4, -0.2) is 46.6 Å². The van der Waals surface area contributed by atoms with Gasteiger partial charge in [0.2, 0.25) is 0 Å². The van der Waals surface area contributed by atoms with Crippen molar-refractivity contribution < 1.29 is 18.3 Å². The lowest BCUT2D eigenvalue weighted by Gasteiger charge is -2.43. The molecule has 1 aromatic carbocycles. The predicted molar refractivity (Wildman–Crippen MR) is 84.0 cm³/mol. The molecule has 24 heavy (non-hydrogen) atoms. The van der Waals surface area contributed by atoms with Crippen LogP contribution in [0, 0.1) is 5.92 Å². The van der Waals surface area contributed by atoms with Crippen LogP contribution in [0.25, 0.3) is 11.0 Å². The second-order valence-corrected chi connectivity index (χ2v) is 6.49. The lowest BCUT2D eigenvalue weighted by Crippen LogP contribution is -2.53. The van der Waals surface area contributed by atoms with Gasteiger partial charge in [-0.2, -0.15) is 0 Å². The van der Waals surface area contributed by atoms with Crippen LogP contribution in [0.3, 0.4) is 0 Å². The van der Waals surface area contributed by atoms with Crippen LogP contribution in [-0.2, 0) is 4.74 Å². The maximum absolute atomic E-state index is 12.9. The second-order valence-electron chi connectivity index (χ2n) is 6.49. The van der Waals surface area contributed by atoms with E-state index in [1.807, 2.05) is 4.90 Å². The van der Waals surface area contributed by atoms with Crippen molar-refractivity contribution in [2.75, 3.05) is 19.8 Å². The van der Waals surface area contributed by atoms with Gasteiger partial charge in [-0.05, 0) is 37.0 Å². The molecule has 128 valence electrons. The standard InChI is InChI=1S/C17H19F2N3O2/c18-15(19)16-20-12-5-4-11(8-13(12)21-16)17(23)22-6-7-24-9-14(22)10-2-1-3-10/h4-5,8,10,14-15H,1-3,6-7,9H2,(H,20,21). The molecule has 1 saturated heterocycles. The van der Waals surface area contributed by atoms with Crippen molar-refractivity contribution in [1.82, 2.24) is 14.9 Å². The molecule has 1 atom stereocenters. The second kappa shape index (κ2) is 6.12. The van der Waals surface area contributed by atoms with Gasteiger partial charge >= 0.3 is 0 Å². The smallest absolute Gasteiger partial charge is 0.295 e. The fourth-order valence-corrected chi connectivity index (χ4v) is 3.52. The molecule has 2 heterocycles. The summed E-state index contributed by atoms with van der Waals surface area (Å²) >= 11 is 0. The Morgan fingerprint density at radius 3 is 2.92 bits per heavy atom. The summed E-state index contributed by atoms with van der Waals surface area (Å²) < 4.78 is 31.1. The van der Waals surface area contributed by atoms with Crippen molar-refractivity contribution in [3.63, 3.8) is 0 Å². The summed E-state index contributed by atoms with van der Waals surface area (Å²) in [6.45, 7) is 1.69. The molecular weight excluding hydrogens is 316 g/mol. The molecule has 2 fully saturated rings. The zero-order valence-electron chi connectivity index (χ0n) is 13.2. The number of hydrogen-bond acceptors (Lipinski definition) is 3. The number of halogens is 2. The Morgan fingerprint density at radius 2 is 2.21 bits per heavy atom. The Hall–Kier alpha value is -2.02. The minimum absolute atomic E-state index is 0.0645. The quantitative estimate of drug-likeness (QED) is 0.937. The van der Waals surface area contributed by atoms with Gasteiger partial charge in [0.15, 0.2) is 5.82 Å². The number of alkyl halides is 2. The van der Waals surface area contributed by atoms with Crippen LogP contribution in [0.15, 0.2) is 18.2 Å². The first kappa shape index (κ1) is 15.5. The molecule has 5 nitrogen and oxygen atoms in total. The molecule has 1 aliphatic heterocycles. The number of carbonyl (C=O) groups is 1. The largest absolute Gasteiger partial charge is 0.377 e. The van der Waals surface area contributed by atoms with E-state index in [1.54, 1.807) is 18.2 Å². The summed E-state index contributed by atoms with van der Waals surface area (Å²) in [6.07, 6.45) is 0.822. The third-order valence-electron chi connectivity index (χ3n) is 5.07. The molecule has 2 aromatic rings. The number of aromatic nitrogens is 2. The lowest BCUT2D eigenvalue weighted by atomic mass is 9.79. The maximum atomic E-state index is 12.9. The van der Waals surface area contributed by atoms with Gasteiger partial charge in [-0.3, -0.25) is 4.79 Å². The number of fused-ring (bicyclic) bond motifs is 1. The number of morpholine rings is 1. The Bertz CT molecular complexity index is 757. The first-order chi connectivity index (χ1) is 11.6. The molecule has 0 bridgehead atoms. The van der Waals surface area contributed by atoms with E-state index in [2.05, 4.69) is 9.97 Å². The van der Waals surface area contributed by atoms with E-state index >= 15 is 0 Å². The molecule has 0 radical (unpaired) electrons. The topological polar surface area (TPSA) is 58.2 Å². The normalized spacial score (nSPS) is 22.1. The van der Waals surface area contributed by atoms with Crippen molar-refractivity contribution >= 4 is 16.9 Å². The average Bonchev–Trinajstić information content (AvgIpc) is 2.96. The number of nitrogens with one attached hydrogen (secondary N) is 1. The number of amides is 1. The number of rotatable bonds is 3. The van der Waals surface area contributed by atoms with Crippen LogP contribution in [0.4, 0.5) is 8.78 Å². The third-order valence-corrected chi connectivity index (χ3v) is 5.07. The van der Waals surface area contributed by atoms with Crippen molar-refractivity contribution in [3.05, 3.63) is 29.6 Å². The van der Waals surface area contributed by atoms with Crippen LogP contribution in [0.2, 0.25) is 0 Å². The fraction of sp³-hybridized carbons (Fsp3) is 0.529. The SMILES string of the molecule is O=C(c1ccc2nc(C(F)F)[nH]c2c1)N1CCOCC1C1CCC1. The summed E-state index contributed by atoms with van der Waals surface area (Å²) in [7, 11) is 0. The highest BCUT2D eigenvalue weighted by molar-refractivity contribution is 5.97. The van der Waals surface area contributed by atoms with Gasteiger partial charge < -0.3 is 14.6 Å². The van der Waals surface area contributed by atoms with E-state index in [0.717, 1.165) is 12.8 Å². The van der Waals surface area contributed by atoms with E-state index in [1.165, 1.54) is 6.42 Å². The number of H-pyrrole nitrogens is 1. The van der Waals surface area contributed by atoms with Crippen LogP contribution >= 0.6 is 0 Å². The van der Waals surface area contributed by atoms with Crippen molar-refractivity contribution in [2.24, 2.45) is 5.92 Å². The van der Waals surface area contributed by atoms with Crippen molar-refractivity contribution in [2.45, 2.75) is 31.7 Å². The summed E-state index contributed by atoms with van der Waals surface area (Å²) in [4.78, 5) is 21.2. The highest BCUT2D eigenvalue weighted by atomic mass is 19.3. The summed E-state index contributed by atoms with van der Waals surface area (Å²) in [6, 6.07) is 5.01. The van der Waals surface area contributed by atoms with E-state index < -0.39 is 6.43 Å². The Labute approximate surface area is 138 Å². The van der Waals surface area contributed by atoms with E-state index in [-0.39, 0.29) is 17.8 Å². The highest BCUT2D eigenvalue weighted by Crippen LogP contribution is 2.34. The summed E-state index contributed by atoms with van der Waals surface area (Å²) in [5, 5.41) is 0. The molecule has 1 saturated carbocycles. The van der Waals surface area contributed by atoms with Gasteiger partial charge in [0.05, 0.1) is 30.3 Å². The van der Waals surface area contributed by atoms with Gasteiger partial charge in [-0.1, -0.05) is 6.42 Å². The Balaban J connectivity index is 1.61. The third kappa shape index (κ3) is 2.66. The fourth-order valence-electron chi connectivity index (χ4n) is 3.52. The molecule has 0 spiro atoms. The van der Waals surface area contributed by atoms with E-state index in [0.29, 0.717) is 42.3 Å². The summed E-state index contributed by atoms with van der Waals surface area (Å²) in [5.74, 6) is 0.0779. The predicted octanol–water partition coefficient (Wildman–Crippen LogP) is 3.14. The van der Waals surface area contributed by atoms with Crippen LogP contribution in [0.1, 0.15) is 41.9 Å².